The van der Waals surface area contributed by atoms with Gasteiger partial charge in [-0.05, 0) is 37.6 Å². The van der Waals surface area contributed by atoms with Gasteiger partial charge in [-0.2, -0.15) is 0 Å². The van der Waals surface area contributed by atoms with Crippen molar-refractivity contribution in [2.75, 3.05) is 20.8 Å². The minimum Gasteiger partial charge on any atom is -0.493 e. The topological polar surface area (TPSA) is 30.5 Å². The number of rotatable bonds is 7. The SMILES string of the molecule is CCCNC(C)/C=C/c1cc(OC)c(OC)cc1Br. The fourth-order valence-corrected chi connectivity index (χ4v) is 2.14. The summed E-state index contributed by atoms with van der Waals surface area (Å²) in [7, 11) is 3.28. The van der Waals surface area contributed by atoms with Crippen LogP contribution in [-0.4, -0.2) is 26.8 Å². The van der Waals surface area contributed by atoms with Gasteiger partial charge in [-0.15, -0.1) is 0 Å². The molecular formula is C15H22BrNO2. The van der Waals surface area contributed by atoms with Crippen molar-refractivity contribution in [3.63, 3.8) is 0 Å². The molecule has 0 bridgehead atoms. The van der Waals surface area contributed by atoms with Gasteiger partial charge in [-0.1, -0.05) is 35.0 Å². The molecule has 1 rings (SSSR count). The maximum Gasteiger partial charge on any atom is 0.161 e. The van der Waals surface area contributed by atoms with E-state index in [2.05, 4.69) is 47.2 Å². The molecule has 1 aromatic carbocycles. The van der Waals surface area contributed by atoms with Crippen molar-refractivity contribution in [2.24, 2.45) is 0 Å². The van der Waals surface area contributed by atoms with Crippen LogP contribution in [0, 0.1) is 0 Å². The molecule has 106 valence electrons. The first-order chi connectivity index (χ1) is 9.12. The van der Waals surface area contributed by atoms with Gasteiger partial charge in [-0.3, -0.25) is 0 Å². The van der Waals surface area contributed by atoms with E-state index < -0.39 is 0 Å². The number of methoxy groups -OCH3 is 2. The Balaban J connectivity index is 2.86. The van der Waals surface area contributed by atoms with Crippen molar-refractivity contribution in [2.45, 2.75) is 26.3 Å². The zero-order valence-corrected chi connectivity index (χ0v) is 13.6. The minimum absolute atomic E-state index is 0.347. The quantitative estimate of drug-likeness (QED) is 0.824. The standard InChI is InChI=1S/C15H22BrNO2/c1-5-8-17-11(2)6-7-12-9-14(18-3)15(19-4)10-13(12)16/h6-7,9-11,17H,5,8H2,1-4H3/b7-6+. The van der Waals surface area contributed by atoms with Gasteiger partial charge in [0.15, 0.2) is 11.5 Å². The van der Waals surface area contributed by atoms with Gasteiger partial charge in [0.2, 0.25) is 0 Å². The number of ether oxygens (including phenoxy) is 2. The Morgan fingerprint density at radius 1 is 1.26 bits per heavy atom. The first-order valence-electron chi connectivity index (χ1n) is 6.45. The highest BCUT2D eigenvalue weighted by Gasteiger charge is 2.07. The molecule has 1 aromatic rings. The number of hydrogen-bond donors (Lipinski definition) is 1. The molecule has 0 saturated carbocycles. The number of halogens is 1. The molecule has 1 N–H and O–H groups in total. The summed E-state index contributed by atoms with van der Waals surface area (Å²) in [6, 6.07) is 4.23. The van der Waals surface area contributed by atoms with E-state index in [9.17, 15) is 0 Å². The molecular weight excluding hydrogens is 306 g/mol. The molecule has 0 fully saturated rings. The summed E-state index contributed by atoms with van der Waals surface area (Å²) in [6.45, 7) is 5.33. The fraction of sp³-hybridized carbons (Fsp3) is 0.467. The van der Waals surface area contributed by atoms with E-state index in [0.717, 1.165) is 34.5 Å². The highest BCUT2D eigenvalue weighted by molar-refractivity contribution is 9.10. The van der Waals surface area contributed by atoms with E-state index in [1.54, 1.807) is 14.2 Å². The lowest BCUT2D eigenvalue weighted by atomic mass is 10.1. The molecule has 0 aliphatic carbocycles. The molecule has 1 unspecified atom stereocenters. The second-order valence-electron chi connectivity index (χ2n) is 4.33. The molecule has 0 aromatic heterocycles. The third-order valence-electron chi connectivity index (χ3n) is 2.78. The minimum atomic E-state index is 0.347. The molecule has 0 saturated heterocycles. The Hall–Kier alpha value is -1.00. The molecule has 0 spiro atoms. The third kappa shape index (κ3) is 4.88. The van der Waals surface area contributed by atoms with E-state index in [0.29, 0.717) is 6.04 Å². The Morgan fingerprint density at radius 3 is 2.47 bits per heavy atom. The predicted octanol–water partition coefficient (Wildman–Crippen LogP) is 3.87. The summed E-state index contributed by atoms with van der Waals surface area (Å²) in [5, 5.41) is 3.42. The Bertz CT molecular complexity index is 432. The lowest BCUT2D eigenvalue weighted by molar-refractivity contribution is 0.354. The lowest BCUT2D eigenvalue weighted by Gasteiger charge is -2.11. The molecule has 0 aliphatic heterocycles. The monoisotopic (exact) mass is 327 g/mol. The van der Waals surface area contributed by atoms with E-state index in [1.807, 2.05) is 12.1 Å². The average Bonchev–Trinajstić information content (AvgIpc) is 2.43. The summed E-state index contributed by atoms with van der Waals surface area (Å²) in [5.74, 6) is 1.46. The van der Waals surface area contributed by atoms with Gasteiger partial charge in [0.1, 0.15) is 0 Å². The van der Waals surface area contributed by atoms with Gasteiger partial charge in [0.25, 0.3) is 0 Å². The van der Waals surface area contributed by atoms with E-state index in [-0.39, 0.29) is 0 Å². The second-order valence-corrected chi connectivity index (χ2v) is 5.18. The van der Waals surface area contributed by atoms with Crippen LogP contribution in [-0.2, 0) is 0 Å². The first-order valence-corrected chi connectivity index (χ1v) is 7.24. The second kappa shape index (κ2) is 8.23. The van der Waals surface area contributed by atoms with Crippen LogP contribution in [0.4, 0.5) is 0 Å². The maximum absolute atomic E-state index is 5.31. The van der Waals surface area contributed by atoms with Crippen LogP contribution in [0.1, 0.15) is 25.8 Å². The summed E-state index contributed by atoms with van der Waals surface area (Å²) in [4.78, 5) is 0. The molecule has 1 atom stereocenters. The molecule has 4 heteroatoms. The average molecular weight is 328 g/mol. The van der Waals surface area contributed by atoms with Crippen molar-refractivity contribution in [3.05, 3.63) is 28.2 Å². The van der Waals surface area contributed by atoms with Crippen molar-refractivity contribution in [1.29, 1.82) is 0 Å². The molecule has 19 heavy (non-hydrogen) atoms. The van der Waals surface area contributed by atoms with Gasteiger partial charge in [0.05, 0.1) is 14.2 Å². The molecule has 0 heterocycles. The number of hydrogen-bond acceptors (Lipinski definition) is 3. The summed E-state index contributed by atoms with van der Waals surface area (Å²) >= 11 is 3.55. The maximum atomic E-state index is 5.31. The van der Waals surface area contributed by atoms with Crippen LogP contribution in [0.15, 0.2) is 22.7 Å². The molecule has 3 nitrogen and oxygen atoms in total. The summed E-state index contributed by atoms with van der Waals surface area (Å²) < 4.78 is 11.6. The third-order valence-corrected chi connectivity index (χ3v) is 3.47. The molecule has 0 radical (unpaired) electrons. The lowest BCUT2D eigenvalue weighted by Crippen LogP contribution is -2.24. The number of benzene rings is 1. The van der Waals surface area contributed by atoms with E-state index >= 15 is 0 Å². The highest BCUT2D eigenvalue weighted by Crippen LogP contribution is 2.33. The molecule has 0 aliphatic rings. The van der Waals surface area contributed by atoms with Gasteiger partial charge >= 0.3 is 0 Å². The smallest absolute Gasteiger partial charge is 0.161 e. The number of nitrogens with one attached hydrogen (secondary N) is 1. The zero-order valence-electron chi connectivity index (χ0n) is 12.0. The largest absolute Gasteiger partial charge is 0.493 e. The zero-order chi connectivity index (χ0) is 14.3. The van der Waals surface area contributed by atoms with Crippen LogP contribution in [0.25, 0.3) is 6.08 Å². The highest BCUT2D eigenvalue weighted by atomic mass is 79.9. The van der Waals surface area contributed by atoms with Crippen LogP contribution >= 0.6 is 15.9 Å². The predicted molar refractivity (Wildman–Crippen MR) is 84.0 cm³/mol. The van der Waals surface area contributed by atoms with Crippen molar-refractivity contribution in [1.82, 2.24) is 5.32 Å². The van der Waals surface area contributed by atoms with Gasteiger partial charge < -0.3 is 14.8 Å². The van der Waals surface area contributed by atoms with Crippen LogP contribution in [0.3, 0.4) is 0 Å². The van der Waals surface area contributed by atoms with Crippen molar-refractivity contribution >= 4 is 22.0 Å². The van der Waals surface area contributed by atoms with E-state index in [1.165, 1.54) is 0 Å². The fourth-order valence-electron chi connectivity index (χ4n) is 1.69. The van der Waals surface area contributed by atoms with Gasteiger partial charge in [0, 0.05) is 10.5 Å². The normalized spacial score (nSPS) is 12.7. The van der Waals surface area contributed by atoms with Crippen LogP contribution in [0.5, 0.6) is 11.5 Å². The van der Waals surface area contributed by atoms with Crippen molar-refractivity contribution < 1.29 is 9.47 Å². The van der Waals surface area contributed by atoms with Crippen molar-refractivity contribution in [3.8, 4) is 11.5 Å². The summed E-state index contributed by atoms with van der Waals surface area (Å²) in [6.07, 6.45) is 5.36. The molecule has 0 amide bonds. The summed E-state index contributed by atoms with van der Waals surface area (Å²) in [5.41, 5.74) is 1.07. The van der Waals surface area contributed by atoms with Gasteiger partial charge in [-0.25, -0.2) is 0 Å². The Morgan fingerprint density at radius 2 is 1.89 bits per heavy atom. The van der Waals surface area contributed by atoms with E-state index in [4.69, 9.17) is 9.47 Å². The Labute approximate surface area is 124 Å². The van der Waals surface area contributed by atoms with Crippen LogP contribution in [0.2, 0.25) is 0 Å². The first kappa shape index (κ1) is 16.1. The van der Waals surface area contributed by atoms with Crippen LogP contribution < -0.4 is 14.8 Å². The Kier molecular flexibility index (Phi) is 6.95.